The second-order valence-corrected chi connectivity index (χ2v) is 9.45. The SMILES string of the molecule is Cn1cnc(S(=O)(=O)N2[C@@H]3CNC[C@H]2C3c2ccc(-c3ccc(F)cc3)cc2)c1. The van der Waals surface area contributed by atoms with Gasteiger partial charge in [0.1, 0.15) is 5.82 Å². The lowest BCUT2D eigenvalue weighted by Gasteiger charge is -2.57. The van der Waals surface area contributed by atoms with Crippen molar-refractivity contribution in [3.8, 4) is 11.1 Å². The number of piperidine rings is 1. The summed E-state index contributed by atoms with van der Waals surface area (Å²) in [6, 6.07) is 14.3. The topological polar surface area (TPSA) is 67.2 Å². The highest BCUT2D eigenvalue weighted by Gasteiger charge is 2.57. The van der Waals surface area contributed by atoms with Gasteiger partial charge in [-0.25, -0.2) is 17.8 Å². The zero-order chi connectivity index (χ0) is 20.2. The summed E-state index contributed by atoms with van der Waals surface area (Å²) in [4.78, 5) is 4.05. The highest BCUT2D eigenvalue weighted by molar-refractivity contribution is 7.89. The molecule has 2 fully saturated rings. The van der Waals surface area contributed by atoms with Crippen molar-refractivity contribution >= 4 is 10.0 Å². The van der Waals surface area contributed by atoms with Crippen molar-refractivity contribution in [2.45, 2.75) is 23.0 Å². The van der Waals surface area contributed by atoms with E-state index >= 15 is 0 Å². The Labute approximate surface area is 169 Å². The third-order valence-corrected chi connectivity index (χ3v) is 7.72. The van der Waals surface area contributed by atoms with E-state index in [1.54, 1.807) is 34.2 Å². The monoisotopic (exact) mass is 412 g/mol. The van der Waals surface area contributed by atoms with Gasteiger partial charge in [0, 0.05) is 44.3 Å². The molecular weight excluding hydrogens is 391 g/mol. The minimum absolute atomic E-state index is 0.0991. The predicted molar refractivity (Wildman–Crippen MR) is 107 cm³/mol. The van der Waals surface area contributed by atoms with Gasteiger partial charge < -0.3 is 9.88 Å². The number of hydrogen-bond acceptors (Lipinski definition) is 4. The summed E-state index contributed by atoms with van der Waals surface area (Å²) >= 11 is 0. The molecular formula is C21H21FN4O2S. The molecule has 3 heterocycles. The summed E-state index contributed by atoms with van der Waals surface area (Å²) in [6.07, 6.45) is 3.05. The molecule has 29 heavy (non-hydrogen) atoms. The summed E-state index contributed by atoms with van der Waals surface area (Å²) in [5.41, 5.74) is 3.09. The molecule has 0 amide bonds. The van der Waals surface area contributed by atoms with Crippen molar-refractivity contribution < 1.29 is 12.8 Å². The third kappa shape index (κ3) is 2.99. The Kier molecular flexibility index (Phi) is 4.31. The molecule has 1 unspecified atom stereocenters. The molecule has 0 spiro atoms. The van der Waals surface area contributed by atoms with Crippen LogP contribution in [0.2, 0.25) is 0 Å². The van der Waals surface area contributed by atoms with Crippen LogP contribution in [0.4, 0.5) is 4.39 Å². The quantitative estimate of drug-likeness (QED) is 0.714. The maximum absolute atomic E-state index is 13.1. The Hall–Kier alpha value is -2.55. The fraction of sp³-hybridized carbons (Fsp3) is 0.286. The first-order valence-electron chi connectivity index (χ1n) is 9.53. The van der Waals surface area contributed by atoms with Crippen molar-refractivity contribution in [2.75, 3.05) is 13.1 Å². The van der Waals surface area contributed by atoms with Crippen molar-refractivity contribution in [1.82, 2.24) is 19.2 Å². The Morgan fingerprint density at radius 1 is 1.00 bits per heavy atom. The maximum Gasteiger partial charge on any atom is 0.262 e. The molecule has 8 heteroatoms. The van der Waals surface area contributed by atoms with Gasteiger partial charge in [-0.05, 0) is 28.8 Å². The molecule has 2 bridgehead atoms. The third-order valence-electron chi connectivity index (χ3n) is 5.89. The van der Waals surface area contributed by atoms with Crippen LogP contribution in [0.1, 0.15) is 11.5 Å². The highest BCUT2D eigenvalue weighted by Crippen LogP contribution is 2.45. The lowest BCUT2D eigenvalue weighted by molar-refractivity contribution is 0.0368. The smallest absolute Gasteiger partial charge is 0.262 e. The van der Waals surface area contributed by atoms with Crippen LogP contribution in [0.3, 0.4) is 0 Å². The molecule has 2 aromatic carbocycles. The van der Waals surface area contributed by atoms with Crippen molar-refractivity contribution in [3.05, 3.63) is 72.4 Å². The molecule has 3 aromatic rings. The summed E-state index contributed by atoms with van der Waals surface area (Å²) in [6.45, 7) is 1.24. The zero-order valence-electron chi connectivity index (χ0n) is 15.9. The fourth-order valence-electron chi connectivity index (χ4n) is 4.50. The van der Waals surface area contributed by atoms with Crippen LogP contribution in [0.15, 0.2) is 66.1 Å². The lowest BCUT2D eigenvalue weighted by atomic mass is 9.74. The van der Waals surface area contributed by atoms with Crippen LogP contribution in [0.5, 0.6) is 0 Å². The number of benzene rings is 2. The van der Waals surface area contributed by atoms with Gasteiger partial charge in [-0.1, -0.05) is 36.4 Å². The molecule has 2 saturated heterocycles. The average Bonchev–Trinajstić information content (AvgIpc) is 3.17. The van der Waals surface area contributed by atoms with Gasteiger partial charge in [0.25, 0.3) is 10.0 Å². The lowest BCUT2D eigenvalue weighted by Crippen LogP contribution is -2.73. The van der Waals surface area contributed by atoms with E-state index in [1.165, 1.54) is 18.5 Å². The second-order valence-electron chi connectivity index (χ2n) is 7.66. The van der Waals surface area contributed by atoms with Gasteiger partial charge in [-0.15, -0.1) is 0 Å². The number of piperazine rings is 1. The van der Waals surface area contributed by atoms with E-state index in [0.717, 1.165) is 16.7 Å². The molecule has 2 aliphatic heterocycles. The summed E-state index contributed by atoms with van der Waals surface area (Å²) in [7, 11) is -1.85. The molecule has 150 valence electrons. The van der Waals surface area contributed by atoms with E-state index in [9.17, 15) is 12.8 Å². The Balaban J connectivity index is 1.41. The molecule has 2 aliphatic rings. The average molecular weight is 412 g/mol. The van der Waals surface area contributed by atoms with Gasteiger partial charge in [-0.2, -0.15) is 4.31 Å². The summed E-state index contributed by atoms with van der Waals surface area (Å²) in [5, 5.41) is 3.42. The second kappa shape index (κ2) is 6.76. The van der Waals surface area contributed by atoms with Crippen LogP contribution >= 0.6 is 0 Å². The van der Waals surface area contributed by atoms with Gasteiger partial charge in [0.2, 0.25) is 0 Å². The molecule has 1 N–H and O–H groups in total. The van der Waals surface area contributed by atoms with Crippen LogP contribution in [-0.4, -0.2) is 47.4 Å². The van der Waals surface area contributed by atoms with E-state index in [2.05, 4.69) is 22.4 Å². The number of sulfonamides is 1. The number of nitrogens with one attached hydrogen (secondary N) is 1. The largest absolute Gasteiger partial charge is 0.339 e. The highest BCUT2D eigenvalue weighted by atomic mass is 32.2. The molecule has 6 nitrogen and oxygen atoms in total. The molecule has 0 aliphatic carbocycles. The number of aryl methyl sites for hydroxylation is 1. The first-order valence-corrected chi connectivity index (χ1v) is 11.0. The van der Waals surface area contributed by atoms with E-state index in [1.807, 2.05) is 12.1 Å². The Morgan fingerprint density at radius 3 is 2.14 bits per heavy atom. The number of rotatable bonds is 4. The van der Waals surface area contributed by atoms with Crippen molar-refractivity contribution in [2.24, 2.45) is 7.05 Å². The minimum Gasteiger partial charge on any atom is -0.339 e. The molecule has 1 aromatic heterocycles. The summed E-state index contributed by atoms with van der Waals surface area (Å²) < 4.78 is 42.6. The van der Waals surface area contributed by atoms with Crippen molar-refractivity contribution in [3.63, 3.8) is 0 Å². The molecule has 5 rings (SSSR count). The van der Waals surface area contributed by atoms with Gasteiger partial charge in [-0.3, -0.25) is 0 Å². The van der Waals surface area contributed by atoms with Gasteiger partial charge in [0.05, 0.1) is 6.33 Å². The van der Waals surface area contributed by atoms with E-state index < -0.39 is 10.0 Å². The number of aromatic nitrogens is 2. The Morgan fingerprint density at radius 2 is 1.59 bits per heavy atom. The normalized spacial score (nSPS) is 24.3. The summed E-state index contributed by atoms with van der Waals surface area (Å²) in [5.74, 6) is -0.105. The van der Waals surface area contributed by atoms with Gasteiger partial charge in [0.15, 0.2) is 5.03 Å². The number of fused-ring (bicyclic) bond motifs is 2. The maximum atomic E-state index is 13.1. The minimum atomic E-state index is -3.61. The van der Waals surface area contributed by atoms with Gasteiger partial charge >= 0.3 is 0 Å². The van der Waals surface area contributed by atoms with E-state index in [-0.39, 0.29) is 28.8 Å². The van der Waals surface area contributed by atoms with Crippen molar-refractivity contribution in [1.29, 1.82) is 0 Å². The first-order chi connectivity index (χ1) is 13.9. The number of imidazole rings is 1. The standard InChI is InChI=1S/C21H21FN4O2S/c1-25-12-20(24-13-25)29(27,28)26-18-10-23-11-19(26)21(18)16-4-2-14(3-5-16)15-6-8-17(22)9-7-15/h2-9,12-13,18-19,21,23H,10-11H2,1H3/t18-,19+,21?. The molecule has 3 atom stereocenters. The number of hydrogen-bond donors (Lipinski definition) is 1. The fourth-order valence-corrected chi connectivity index (χ4v) is 6.32. The molecule has 0 radical (unpaired) electrons. The van der Waals surface area contributed by atoms with E-state index in [0.29, 0.717) is 13.1 Å². The van der Waals surface area contributed by atoms with E-state index in [4.69, 9.17) is 0 Å². The number of halogens is 1. The predicted octanol–water partition coefficient (Wildman–Crippen LogP) is 2.35. The zero-order valence-corrected chi connectivity index (χ0v) is 16.7. The van der Waals surface area contributed by atoms with Crippen LogP contribution < -0.4 is 5.32 Å². The van der Waals surface area contributed by atoms with Crippen LogP contribution in [-0.2, 0) is 17.1 Å². The molecule has 0 saturated carbocycles. The van der Waals surface area contributed by atoms with Crippen LogP contribution in [0, 0.1) is 5.82 Å². The number of nitrogens with zero attached hydrogens (tertiary/aromatic N) is 3. The Bertz CT molecular complexity index is 1130. The first kappa shape index (κ1) is 18.5. The van der Waals surface area contributed by atoms with Crippen LogP contribution in [0.25, 0.3) is 11.1 Å².